The smallest absolute Gasteiger partial charge is 0.246 e. The second kappa shape index (κ2) is 5.02. The third-order valence-corrected chi connectivity index (χ3v) is 3.79. The molecule has 3 rings (SSSR count). The van der Waals surface area contributed by atoms with Crippen molar-refractivity contribution in [1.29, 1.82) is 0 Å². The number of aromatic nitrogens is 4. The summed E-state index contributed by atoms with van der Waals surface area (Å²) >= 11 is 0. The Hall–Kier alpha value is -2.01. The van der Waals surface area contributed by atoms with E-state index in [0.717, 1.165) is 0 Å². The molecule has 10 heteroatoms. The molecule has 5 N–H and O–H groups in total. The maximum atomic E-state index is 10.5. The highest BCUT2D eigenvalue weighted by Gasteiger charge is 2.53. The molecule has 1 aliphatic heterocycles. The average Bonchev–Trinajstić information content (AvgIpc) is 2.98. The summed E-state index contributed by atoms with van der Waals surface area (Å²) in [6.07, 6.45) is -1.80. The number of nitrogen functional groups attached to an aromatic ring is 1. The van der Waals surface area contributed by atoms with Gasteiger partial charge in [0.25, 0.3) is 0 Å². The number of fused-ring (bicyclic) bond motifs is 1. The summed E-state index contributed by atoms with van der Waals surface area (Å²) in [5.74, 6) is 0.168. The molecule has 0 aliphatic carbocycles. The summed E-state index contributed by atoms with van der Waals surface area (Å²) in [6, 6.07) is 0. The molecule has 0 bridgehead atoms. The van der Waals surface area contributed by atoms with Crippen molar-refractivity contribution in [3.63, 3.8) is 0 Å². The number of rotatable bonds is 3. The van der Waals surface area contributed by atoms with Gasteiger partial charge in [0.2, 0.25) is 11.8 Å². The fourth-order valence-corrected chi connectivity index (χ4v) is 2.61. The van der Waals surface area contributed by atoms with E-state index in [0.29, 0.717) is 11.2 Å². The molecule has 2 aromatic rings. The van der Waals surface area contributed by atoms with E-state index < -0.39 is 30.6 Å². The van der Waals surface area contributed by atoms with Crippen LogP contribution in [0.15, 0.2) is 6.33 Å². The van der Waals surface area contributed by atoms with Gasteiger partial charge in [-0.15, -0.1) is 0 Å². The second-order valence-electron chi connectivity index (χ2n) is 5.30. The predicted molar refractivity (Wildman–Crippen MR) is 73.9 cm³/mol. The van der Waals surface area contributed by atoms with Crippen LogP contribution in [0.25, 0.3) is 11.2 Å². The Morgan fingerprint density at radius 2 is 2.23 bits per heavy atom. The zero-order valence-corrected chi connectivity index (χ0v) is 12.0. The molecular formula is C12H17N5O5. The Kier molecular flexibility index (Phi) is 3.40. The summed E-state index contributed by atoms with van der Waals surface area (Å²) in [5, 5.41) is 29.8. The molecule has 1 aliphatic rings. The molecule has 4 atom stereocenters. The minimum atomic E-state index is -1.64. The first-order valence-electron chi connectivity index (χ1n) is 6.61. The Balaban J connectivity index is 2.13. The third kappa shape index (κ3) is 2.00. The summed E-state index contributed by atoms with van der Waals surface area (Å²) < 4.78 is 12.1. The van der Waals surface area contributed by atoms with Gasteiger partial charge >= 0.3 is 0 Å². The lowest BCUT2D eigenvalue weighted by atomic mass is 9.96. The fourth-order valence-electron chi connectivity index (χ4n) is 2.61. The summed E-state index contributed by atoms with van der Waals surface area (Å²) in [5.41, 5.74) is 4.63. The normalized spacial score (nSPS) is 31.8. The van der Waals surface area contributed by atoms with Gasteiger partial charge < -0.3 is 30.5 Å². The highest BCUT2D eigenvalue weighted by molar-refractivity contribution is 5.77. The molecule has 0 amide bonds. The molecular weight excluding hydrogens is 294 g/mol. The Bertz CT molecular complexity index is 703. The van der Waals surface area contributed by atoms with Gasteiger partial charge in [0.15, 0.2) is 17.4 Å². The highest BCUT2D eigenvalue weighted by Crippen LogP contribution is 2.39. The molecule has 1 fully saturated rings. The molecule has 1 saturated heterocycles. The summed E-state index contributed by atoms with van der Waals surface area (Å²) in [7, 11) is 1.42. The highest BCUT2D eigenvalue weighted by atomic mass is 16.6. The number of hydrogen-bond acceptors (Lipinski definition) is 9. The van der Waals surface area contributed by atoms with E-state index in [-0.39, 0.29) is 11.8 Å². The van der Waals surface area contributed by atoms with Crippen molar-refractivity contribution in [1.82, 2.24) is 19.5 Å². The van der Waals surface area contributed by atoms with Crippen LogP contribution in [0.4, 0.5) is 5.95 Å². The van der Waals surface area contributed by atoms with Crippen molar-refractivity contribution >= 4 is 17.1 Å². The van der Waals surface area contributed by atoms with Crippen LogP contribution in [-0.2, 0) is 4.74 Å². The second-order valence-corrected chi connectivity index (χ2v) is 5.30. The van der Waals surface area contributed by atoms with Crippen LogP contribution >= 0.6 is 0 Å². The van der Waals surface area contributed by atoms with Crippen molar-refractivity contribution in [3.8, 4) is 5.88 Å². The molecule has 22 heavy (non-hydrogen) atoms. The number of nitrogens with two attached hydrogens (primary N) is 1. The summed E-state index contributed by atoms with van der Waals surface area (Å²) in [6.45, 7) is 0.979. The Morgan fingerprint density at radius 1 is 1.50 bits per heavy atom. The predicted octanol–water partition coefficient (Wildman–Crippen LogP) is -1.58. The van der Waals surface area contributed by atoms with E-state index in [1.54, 1.807) is 0 Å². The zero-order valence-electron chi connectivity index (χ0n) is 12.0. The van der Waals surface area contributed by atoms with Gasteiger partial charge in [-0.25, -0.2) is 4.98 Å². The molecule has 0 spiro atoms. The molecule has 10 nitrogen and oxygen atoms in total. The van der Waals surface area contributed by atoms with Crippen molar-refractivity contribution in [3.05, 3.63) is 6.33 Å². The van der Waals surface area contributed by atoms with E-state index in [4.69, 9.17) is 15.2 Å². The van der Waals surface area contributed by atoms with Crippen molar-refractivity contribution in [2.75, 3.05) is 19.5 Å². The number of nitrogens with zero attached hydrogens (tertiary/aromatic N) is 4. The molecule has 3 heterocycles. The van der Waals surface area contributed by atoms with Crippen LogP contribution in [0.1, 0.15) is 13.2 Å². The van der Waals surface area contributed by atoms with Gasteiger partial charge in [-0.2, -0.15) is 9.97 Å². The van der Waals surface area contributed by atoms with E-state index in [1.165, 1.54) is 24.9 Å². The van der Waals surface area contributed by atoms with E-state index in [1.807, 2.05) is 0 Å². The monoisotopic (exact) mass is 311 g/mol. The van der Waals surface area contributed by atoms with Gasteiger partial charge in [-0.3, -0.25) is 4.57 Å². The molecule has 0 unspecified atom stereocenters. The maximum absolute atomic E-state index is 10.5. The van der Waals surface area contributed by atoms with Crippen LogP contribution in [0, 0.1) is 0 Å². The van der Waals surface area contributed by atoms with E-state index in [2.05, 4.69) is 15.0 Å². The third-order valence-electron chi connectivity index (χ3n) is 3.79. The maximum Gasteiger partial charge on any atom is 0.246 e. The van der Waals surface area contributed by atoms with Crippen LogP contribution in [0.2, 0.25) is 0 Å². The number of aliphatic hydroxyl groups is 3. The van der Waals surface area contributed by atoms with Crippen molar-refractivity contribution in [2.24, 2.45) is 0 Å². The molecule has 2 aromatic heterocycles. The molecule has 0 saturated carbocycles. The minimum absolute atomic E-state index is 0.0250. The van der Waals surface area contributed by atoms with Gasteiger partial charge in [0, 0.05) is 0 Å². The van der Waals surface area contributed by atoms with Gasteiger partial charge in [-0.1, -0.05) is 0 Å². The van der Waals surface area contributed by atoms with Crippen molar-refractivity contribution < 1.29 is 24.8 Å². The first-order valence-corrected chi connectivity index (χ1v) is 6.61. The quantitative estimate of drug-likeness (QED) is 0.526. The molecule has 120 valence electrons. The first-order chi connectivity index (χ1) is 10.4. The van der Waals surface area contributed by atoms with Gasteiger partial charge in [-0.05, 0) is 6.92 Å². The Morgan fingerprint density at radius 3 is 2.82 bits per heavy atom. The zero-order chi connectivity index (χ0) is 16.1. The number of methoxy groups -OCH3 is 1. The number of ether oxygens (including phenoxy) is 2. The minimum Gasteiger partial charge on any atom is -0.479 e. The molecule has 0 aromatic carbocycles. The lowest BCUT2D eigenvalue weighted by molar-refractivity contribution is -0.0950. The van der Waals surface area contributed by atoms with Crippen LogP contribution in [-0.4, -0.2) is 66.4 Å². The molecule has 0 radical (unpaired) electrons. The van der Waals surface area contributed by atoms with Crippen LogP contribution in [0.5, 0.6) is 5.88 Å². The first kappa shape index (κ1) is 14.9. The Labute approximate surface area is 125 Å². The van der Waals surface area contributed by atoms with Crippen molar-refractivity contribution in [2.45, 2.75) is 31.0 Å². The largest absolute Gasteiger partial charge is 0.479 e. The van der Waals surface area contributed by atoms with Gasteiger partial charge in [0.1, 0.15) is 17.8 Å². The number of imidazole rings is 1. The SMILES string of the molecule is COc1nc(N)nc2c1ncn2[C@H]1O[C@@H](CO)[C@H](O)[C@]1(C)O. The topological polar surface area (TPSA) is 149 Å². The van der Waals surface area contributed by atoms with Crippen LogP contribution < -0.4 is 10.5 Å². The van der Waals surface area contributed by atoms with Gasteiger partial charge in [0.05, 0.1) is 20.0 Å². The van der Waals surface area contributed by atoms with Crippen LogP contribution in [0.3, 0.4) is 0 Å². The van der Waals surface area contributed by atoms with E-state index >= 15 is 0 Å². The van der Waals surface area contributed by atoms with E-state index in [9.17, 15) is 15.3 Å². The number of anilines is 1. The summed E-state index contributed by atoms with van der Waals surface area (Å²) in [4.78, 5) is 12.1. The lowest BCUT2D eigenvalue weighted by Gasteiger charge is -2.27. The lowest BCUT2D eigenvalue weighted by Crippen LogP contribution is -2.44. The average molecular weight is 311 g/mol. The number of aliphatic hydroxyl groups excluding tert-OH is 2. The standard InChI is InChI=1S/C12H17N5O5/c1-12(20)7(19)5(3-18)22-10(12)17-4-14-6-8(17)15-11(13)16-9(6)21-2/h4-5,7,10,18-20H,3H2,1-2H3,(H2,13,15,16)/t5-,7-,10-,12-/m0/s1. The number of hydrogen-bond donors (Lipinski definition) is 4. The fraction of sp³-hybridized carbons (Fsp3) is 0.583.